The lowest BCUT2D eigenvalue weighted by Gasteiger charge is -2.25. The molecule has 1 aromatic heterocycles. The second kappa shape index (κ2) is 9.59. The van der Waals surface area contributed by atoms with Crippen LogP contribution in [0.15, 0.2) is 47.8 Å². The number of nitrogens with one attached hydrogen (secondary N) is 2. The van der Waals surface area contributed by atoms with Gasteiger partial charge in [0.2, 0.25) is 0 Å². The minimum absolute atomic E-state index is 0.0691. The van der Waals surface area contributed by atoms with E-state index in [0.717, 1.165) is 0 Å². The number of hydrogen-bond acceptors (Lipinski definition) is 6. The monoisotopic (exact) mass is 479 g/mol. The van der Waals surface area contributed by atoms with Crippen molar-refractivity contribution in [2.24, 2.45) is 0 Å². The van der Waals surface area contributed by atoms with Crippen LogP contribution in [0.1, 0.15) is 13.8 Å². The van der Waals surface area contributed by atoms with Crippen LogP contribution in [0.2, 0.25) is 5.02 Å². The number of carbonyl (C=O) groups excluding carboxylic acids is 1. The fourth-order valence-electron chi connectivity index (χ4n) is 2.52. The first-order valence-corrected chi connectivity index (χ1v) is 10.7. The van der Waals surface area contributed by atoms with Gasteiger partial charge in [0.15, 0.2) is 27.4 Å². The van der Waals surface area contributed by atoms with Gasteiger partial charge < -0.3 is 14.8 Å². The lowest BCUT2D eigenvalue weighted by atomic mass is 10.1. The average Bonchev–Trinajstić information content (AvgIpc) is 3.17. The number of hydrogen-bond donors (Lipinski definition) is 2. The molecular weight excluding hydrogens is 461 g/mol. The molecule has 1 heterocycles. The number of thiazole rings is 1. The van der Waals surface area contributed by atoms with Crippen molar-refractivity contribution < 1.29 is 18.7 Å². The molecule has 2 aromatic carbocycles. The van der Waals surface area contributed by atoms with Crippen LogP contribution in [-0.4, -0.2) is 28.7 Å². The topological polar surface area (TPSA) is 72.5 Å². The van der Waals surface area contributed by atoms with Crippen molar-refractivity contribution in [1.82, 2.24) is 10.3 Å². The summed E-state index contributed by atoms with van der Waals surface area (Å²) in [7, 11) is 1.40. The normalized spacial score (nSPS) is 11.0. The summed E-state index contributed by atoms with van der Waals surface area (Å²) in [4.78, 5) is 17.0. The third kappa shape index (κ3) is 5.90. The van der Waals surface area contributed by atoms with E-state index in [-0.39, 0.29) is 10.9 Å². The summed E-state index contributed by atoms with van der Waals surface area (Å²) in [6.45, 7) is 3.25. The van der Waals surface area contributed by atoms with Crippen molar-refractivity contribution in [3.63, 3.8) is 0 Å². The number of amides is 1. The molecule has 0 saturated heterocycles. The van der Waals surface area contributed by atoms with Crippen molar-refractivity contribution in [3.8, 4) is 22.8 Å². The molecule has 3 rings (SSSR count). The van der Waals surface area contributed by atoms with Crippen LogP contribution in [-0.2, 0) is 4.79 Å². The molecule has 0 unspecified atom stereocenters. The number of rotatable bonds is 6. The highest BCUT2D eigenvalue weighted by molar-refractivity contribution is 7.80. The highest BCUT2D eigenvalue weighted by Gasteiger charge is 2.30. The SMILES string of the molecule is COc1ccc(-c2csc(NC(=S)NC(=O)C(C)(C)Oc3ccc(Cl)cc3)n2)cc1F. The smallest absolute Gasteiger partial charge is 0.269 e. The molecule has 3 aromatic rings. The number of halogens is 2. The number of nitrogens with zero attached hydrogens (tertiary/aromatic N) is 1. The van der Waals surface area contributed by atoms with Crippen LogP contribution in [0.3, 0.4) is 0 Å². The Balaban J connectivity index is 1.61. The van der Waals surface area contributed by atoms with Gasteiger partial charge in [0.05, 0.1) is 12.8 Å². The molecule has 1 amide bonds. The van der Waals surface area contributed by atoms with Crippen LogP contribution in [0.5, 0.6) is 11.5 Å². The fourth-order valence-corrected chi connectivity index (χ4v) is 3.62. The van der Waals surface area contributed by atoms with E-state index in [1.54, 1.807) is 49.6 Å². The molecule has 0 aliphatic rings. The van der Waals surface area contributed by atoms with Crippen LogP contribution in [0, 0.1) is 5.82 Å². The summed E-state index contributed by atoms with van der Waals surface area (Å²) in [5.41, 5.74) is -0.0292. The maximum absolute atomic E-state index is 13.9. The second-order valence-electron chi connectivity index (χ2n) is 6.86. The molecule has 31 heavy (non-hydrogen) atoms. The molecular formula is C21H19ClFN3O3S2. The number of carbonyl (C=O) groups is 1. The number of benzene rings is 2. The minimum atomic E-state index is -1.19. The van der Waals surface area contributed by atoms with E-state index in [1.165, 1.54) is 30.6 Å². The van der Waals surface area contributed by atoms with Crippen LogP contribution < -0.4 is 20.1 Å². The molecule has 0 aliphatic heterocycles. The van der Waals surface area contributed by atoms with E-state index in [9.17, 15) is 9.18 Å². The van der Waals surface area contributed by atoms with Gasteiger partial charge in [-0.2, -0.15) is 0 Å². The lowest BCUT2D eigenvalue weighted by molar-refractivity contribution is -0.132. The zero-order valence-corrected chi connectivity index (χ0v) is 19.3. The third-order valence-corrected chi connectivity index (χ3v) is 5.35. The van der Waals surface area contributed by atoms with Gasteiger partial charge in [-0.3, -0.25) is 10.1 Å². The van der Waals surface area contributed by atoms with Crippen molar-refractivity contribution in [1.29, 1.82) is 0 Å². The van der Waals surface area contributed by atoms with Gasteiger partial charge in [-0.1, -0.05) is 11.6 Å². The van der Waals surface area contributed by atoms with Crippen molar-refractivity contribution in [3.05, 3.63) is 58.7 Å². The standard InChI is InChI=1S/C21H19ClFN3O3S2/c1-21(2,29-14-7-5-13(22)6-8-14)18(27)25-19(30)26-20-24-16(11-31-20)12-4-9-17(28-3)15(23)10-12/h4-11H,1-3H3,(H2,24,25,26,27,30). The maximum atomic E-state index is 13.9. The van der Waals surface area contributed by atoms with E-state index in [1.807, 2.05) is 0 Å². The van der Waals surface area contributed by atoms with Crippen LogP contribution in [0.25, 0.3) is 11.3 Å². The Labute approximate surface area is 193 Å². The maximum Gasteiger partial charge on any atom is 0.269 e. The molecule has 0 bridgehead atoms. The molecule has 10 heteroatoms. The number of aromatic nitrogens is 1. The van der Waals surface area contributed by atoms with Gasteiger partial charge in [0.25, 0.3) is 5.91 Å². The zero-order chi connectivity index (χ0) is 22.6. The minimum Gasteiger partial charge on any atom is -0.494 e. The highest BCUT2D eigenvalue weighted by Crippen LogP contribution is 2.28. The third-order valence-electron chi connectivity index (χ3n) is 4.13. The Kier molecular flexibility index (Phi) is 7.09. The Morgan fingerprint density at radius 2 is 1.94 bits per heavy atom. The number of thiocarbonyl (C=S) groups is 1. The first kappa shape index (κ1) is 22.9. The van der Waals surface area contributed by atoms with Gasteiger partial charge in [-0.05, 0) is 68.5 Å². The van der Waals surface area contributed by atoms with E-state index in [4.69, 9.17) is 33.3 Å². The first-order chi connectivity index (χ1) is 14.7. The molecule has 2 N–H and O–H groups in total. The number of anilines is 1. The van der Waals surface area contributed by atoms with Crippen molar-refractivity contribution in [2.45, 2.75) is 19.4 Å². The Morgan fingerprint density at radius 1 is 1.23 bits per heavy atom. The molecule has 0 saturated carbocycles. The van der Waals surface area contributed by atoms with Crippen LogP contribution in [0.4, 0.5) is 9.52 Å². The van der Waals surface area contributed by atoms with E-state index < -0.39 is 17.3 Å². The van der Waals surface area contributed by atoms with Gasteiger partial charge in [-0.15, -0.1) is 11.3 Å². The van der Waals surface area contributed by atoms with E-state index in [2.05, 4.69) is 15.6 Å². The van der Waals surface area contributed by atoms with Gasteiger partial charge in [0, 0.05) is 16.0 Å². The van der Waals surface area contributed by atoms with Crippen molar-refractivity contribution in [2.75, 3.05) is 12.4 Å². The lowest BCUT2D eigenvalue weighted by Crippen LogP contribution is -2.49. The summed E-state index contributed by atoms with van der Waals surface area (Å²) in [6, 6.07) is 11.3. The molecule has 0 radical (unpaired) electrons. The summed E-state index contributed by atoms with van der Waals surface area (Å²) < 4.78 is 24.6. The van der Waals surface area contributed by atoms with Gasteiger partial charge >= 0.3 is 0 Å². The highest BCUT2D eigenvalue weighted by atomic mass is 35.5. The molecule has 0 fully saturated rings. The Hall–Kier alpha value is -2.75. The second-order valence-corrected chi connectivity index (χ2v) is 8.56. The average molecular weight is 480 g/mol. The molecule has 6 nitrogen and oxygen atoms in total. The Morgan fingerprint density at radius 3 is 2.58 bits per heavy atom. The summed E-state index contributed by atoms with van der Waals surface area (Å²) >= 11 is 12.3. The summed E-state index contributed by atoms with van der Waals surface area (Å²) in [5, 5.41) is 8.30. The van der Waals surface area contributed by atoms with Gasteiger partial charge in [0.1, 0.15) is 5.75 Å². The molecule has 0 atom stereocenters. The van der Waals surface area contributed by atoms with E-state index in [0.29, 0.717) is 27.2 Å². The number of methoxy groups -OCH3 is 1. The predicted octanol–water partition coefficient (Wildman–Crippen LogP) is 5.28. The zero-order valence-electron chi connectivity index (χ0n) is 16.9. The number of ether oxygens (including phenoxy) is 2. The quantitative estimate of drug-likeness (QED) is 0.468. The van der Waals surface area contributed by atoms with E-state index >= 15 is 0 Å². The molecule has 162 valence electrons. The molecule has 0 aliphatic carbocycles. The predicted molar refractivity (Wildman–Crippen MR) is 125 cm³/mol. The van der Waals surface area contributed by atoms with Crippen molar-refractivity contribution >= 4 is 51.3 Å². The Bertz CT molecular complexity index is 1100. The first-order valence-electron chi connectivity index (χ1n) is 9.04. The summed E-state index contributed by atoms with van der Waals surface area (Å²) in [5.74, 6) is -0.258. The fraction of sp³-hybridized carbons (Fsp3) is 0.190. The van der Waals surface area contributed by atoms with Crippen LogP contribution >= 0.6 is 35.2 Å². The molecule has 0 spiro atoms. The summed E-state index contributed by atoms with van der Waals surface area (Å²) in [6.07, 6.45) is 0. The van der Waals surface area contributed by atoms with Gasteiger partial charge in [-0.25, -0.2) is 9.37 Å². The largest absolute Gasteiger partial charge is 0.494 e.